The van der Waals surface area contributed by atoms with Crippen LogP contribution in [0.25, 0.3) is 0 Å². The van der Waals surface area contributed by atoms with E-state index < -0.39 is 0 Å². The molecule has 1 aliphatic carbocycles. The smallest absolute Gasteiger partial charge is 0.136 e. The summed E-state index contributed by atoms with van der Waals surface area (Å²) in [5, 5.41) is 3.44. The summed E-state index contributed by atoms with van der Waals surface area (Å²) < 4.78 is 0. The van der Waals surface area contributed by atoms with Gasteiger partial charge < -0.3 is 10.2 Å². The summed E-state index contributed by atoms with van der Waals surface area (Å²) in [6, 6.07) is 0.634. The van der Waals surface area contributed by atoms with Crippen molar-refractivity contribution < 1.29 is 0 Å². The van der Waals surface area contributed by atoms with Crippen molar-refractivity contribution >= 4 is 5.82 Å². The molecule has 0 bridgehead atoms. The van der Waals surface area contributed by atoms with Gasteiger partial charge in [0.15, 0.2) is 0 Å². The van der Waals surface area contributed by atoms with Gasteiger partial charge in [-0.25, -0.2) is 9.97 Å². The second-order valence-corrected chi connectivity index (χ2v) is 5.99. The van der Waals surface area contributed by atoms with Gasteiger partial charge in [-0.3, -0.25) is 0 Å². The fraction of sp³-hybridized carbons (Fsp3) is 0.733. The average Bonchev–Trinajstić information content (AvgIpc) is 2.46. The number of fused-ring (bicyclic) bond motifs is 1. The molecule has 2 heterocycles. The van der Waals surface area contributed by atoms with Crippen molar-refractivity contribution in [3.8, 4) is 0 Å². The van der Waals surface area contributed by atoms with Gasteiger partial charge in [-0.15, -0.1) is 0 Å². The van der Waals surface area contributed by atoms with E-state index in [9.17, 15) is 0 Å². The maximum Gasteiger partial charge on any atom is 0.136 e. The normalized spacial score (nSPS) is 26.8. The molecule has 1 fully saturated rings. The van der Waals surface area contributed by atoms with Gasteiger partial charge in [0.25, 0.3) is 0 Å². The van der Waals surface area contributed by atoms with Crippen LogP contribution < -0.4 is 10.2 Å². The van der Waals surface area contributed by atoms with Gasteiger partial charge in [-0.2, -0.15) is 0 Å². The lowest BCUT2D eigenvalue weighted by molar-refractivity contribution is 0.320. The first-order chi connectivity index (χ1) is 9.27. The second-order valence-electron chi connectivity index (χ2n) is 5.99. The summed E-state index contributed by atoms with van der Waals surface area (Å²) in [4.78, 5) is 11.4. The minimum absolute atomic E-state index is 0.634. The van der Waals surface area contributed by atoms with Crippen LogP contribution in [-0.2, 0) is 13.0 Å². The van der Waals surface area contributed by atoms with Crippen LogP contribution in [-0.4, -0.2) is 29.6 Å². The van der Waals surface area contributed by atoms with E-state index in [-0.39, 0.29) is 0 Å². The van der Waals surface area contributed by atoms with Crippen molar-refractivity contribution in [1.82, 2.24) is 15.3 Å². The highest BCUT2D eigenvalue weighted by molar-refractivity contribution is 5.49. The Hall–Kier alpha value is -1.16. The molecule has 1 saturated carbocycles. The molecule has 1 N–H and O–H groups in total. The van der Waals surface area contributed by atoms with Crippen molar-refractivity contribution in [3.63, 3.8) is 0 Å². The molecule has 19 heavy (non-hydrogen) atoms. The Balaban J connectivity index is 1.88. The van der Waals surface area contributed by atoms with Crippen LogP contribution in [0.4, 0.5) is 5.82 Å². The Bertz CT molecular complexity index is 446. The third kappa shape index (κ3) is 2.46. The molecular weight excluding hydrogens is 236 g/mol. The van der Waals surface area contributed by atoms with Crippen molar-refractivity contribution in [1.29, 1.82) is 0 Å². The fourth-order valence-corrected chi connectivity index (χ4v) is 3.59. The molecule has 0 spiro atoms. The van der Waals surface area contributed by atoms with Gasteiger partial charge in [-0.05, 0) is 18.8 Å². The summed E-state index contributed by atoms with van der Waals surface area (Å²) in [5.74, 6) is 1.91. The highest BCUT2D eigenvalue weighted by Gasteiger charge is 2.28. The van der Waals surface area contributed by atoms with Gasteiger partial charge in [-0.1, -0.05) is 19.8 Å². The molecule has 2 atom stereocenters. The first-order valence-electron chi connectivity index (χ1n) is 7.53. The largest absolute Gasteiger partial charge is 0.356 e. The first kappa shape index (κ1) is 12.9. The zero-order valence-corrected chi connectivity index (χ0v) is 12.0. The second kappa shape index (κ2) is 5.45. The summed E-state index contributed by atoms with van der Waals surface area (Å²) in [6.45, 7) is 4.33. The van der Waals surface area contributed by atoms with E-state index in [1.54, 1.807) is 6.33 Å². The van der Waals surface area contributed by atoms with E-state index >= 15 is 0 Å². The molecule has 3 rings (SSSR count). The third-order valence-electron chi connectivity index (χ3n) is 4.75. The molecule has 1 aliphatic heterocycles. The number of nitrogens with one attached hydrogen (secondary N) is 1. The van der Waals surface area contributed by atoms with Crippen LogP contribution in [0.15, 0.2) is 6.33 Å². The summed E-state index contributed by atoms with van der Waals surface area (Å²) >= 11 is 0. The third-order valence-corrected chi connectivity index (χ3v) is 4.75. The Morgan fingerprint density at radius 2 is 2.11 bits per heavy atom. The van der Waals surface area contributed by atoms with Gasteiger partial charge in [0.1, 0.15) is 12.1 Å². The van der Waals surface area contributed by atoms with E-state index in [4.69, 9.17) is 0 Å². The van der Waals surface area contributed by atoms with Crippen LogP contribution in [0.3, 0.4) is 0 Å². The van der Waals surface area contributed by atoms with Crippen molar-refractivity contribution in [2.45, 2.75) is 51.6 Å². The van der Waals surface area contributed by atoms with Gasteiger partial charge in [0.05, 0.1) is 5.69 Å². The van der Waals surface area contributed by atoms with E-state index in [2.05, 4.69) is 34.2 Å². The molecule has 2 unspecified atom stereocenters. The van der Waals surface area contributed by atoms with Gasteiger partial charge in [0, 0.05) is 38.2 Å². The minimum Gasteiger partial charge on any atom is -0.356 e. The summed E-state index contributed by atoms with van der Waals surface area (Å²) in [5.41, 5.74) is 2.55. The summed E-state index contributed by atoms with van der Waals surface area (Å²) in [7, 11) is 2.21. The molecule has 0 saturated heterocycles. The molecule has 0 amide bonds. The molecule has 0 radical (unpaired) electrons. The lowest BCUT2D eigenvalue weighted by Gasteiger charge is -2.38. The average molecular weight is 260 g/mol. The zero-order valence-electron chi connectivity index (χ0n) is 12.0. The zero-order chi connectivity index (χ0) is 13.2. The molecule has 1 aromatic heterocycles. The maximum absolute atomic E-state index is 4.58. The monoisotopic (exact) mass is 260 g/mol. The Kier molecular flexibility index (Phi) is 3.69. The molecular formula is C15H24N4. The molecule has 0 aromatic carbocycles. The lowest BCUT2D eigenvalue weighted by atomic mass is 9.85. The predicted octanol–water partition coefficient (Wildman–Crippen LogP) is 2.14. The van der Waals surface area contributed by atoms with Crippen LogP contribution in [0.2, 0.25) is 0 Å². The highest BCUT2D eigenvalue weighted by atomic mass is 15.2. The van der Waals surface area contributed by atoms with Gasteiger partial charge in [0.2, 0.25) is 0 Å². The highest BCUT2D eigenvalue weighted by Crippen LogP contribution is 2.31. The first-order valence-corrected chi connectivity index (χ1v) is 7.53. The Labute approximate surface area is 115 Å². The standard InChI is InChI=1S/C15H24N4/c1-11-5-3-4-6-14(11)19(2)15-12-9-16-8-7-13(12)17-10-18-15/h10-11,14,16H,3-9H2,1-2H3. The summed E-state index contributed by atoms with van der Waals surface area (Å²) in [6.07, 6.45) is 8.15. The molecule has 104 valence electrons. The lowest BCUT2D eigenvalue weighted by Crippen LogP contribution is -2.41. The van der Waals surface area contributed by atoms with Crippen LogP contribution in [0, 0.1) is 5.92 Å². The number of rotatable bonds is 2. The Morgan fingerprint density at radius 1 is 1.26 bits per heavy atom. The van der Waals surface area contributed by atoms with Crippen molar-refractivity contribution in [2.75, 3.05) is 18.5 Å². The van der Waals surface area contributed by atoms with Crippen LogP contribution >= 0.6 is 0 Å². The predicted molar refractivity (Wildman–Crippen MR) is 77.3 cm³/mol. The molecule has 4 nitrogen and oxygen atoms in total. The SMILES string of the molecule is CC1CCCCC1N(C)c1ncnc2c1CNCC2. The van der Waals surface area contributed by atoms with Gasteiger partial charge >= 0.3 is 0 Å². The van der Waals surface area contributed by atoms with Crippen LogP contribution in [0.5, 0.6) is 0 Å². The van der Waals surface area contributed by atoms with Crippen LogP contribution in [0.1, 0.15) is 43.9 Å². The number of hydrogen-bond acceptors (Lipinski definition) is 4. The quantitative estimate of drug-likeness (QED) is 0.884. The van der Waals surface area contributed by atoms with E-state index in [0.29, 0.717) is 6.04 Å². The van der Waals surface area contributed by atoms with Crippen molar-refractivity contribution in [2.24, 2.45) is 5.92 Å². The molecule has 4 heteroatoms. The molecule has 1 aromatic rings. The number of aromatic nitrogens is 2. The number of anilines is 1. The number of hydrogen-bond donors (Lipinski definition) is 1. The fourth-order valence-electron chi connectivity index (χ4n) is 3.59. The molecule has 2 aliphatic rings. The maximum atomic E-state index is 4.58. The number of nitrogens with zero attached hydrogens (tertiary/aromatic N) is 3. The van der Waals surface area contributed by atoms with Crippen molar-refractivity contribution in [3.05, 3.63) is 17.6 Å². The topological polar surface area (TPSA) is 41.1 Å². The van der Waals surface area contributed by atoms with E-state index in [0.717, 1.165) is 31.2 Å². The van der Waals surface area contributed by atoms with E-state index in [1.807, 2.05) is 0 Å². The van der Waals surface area contributed by atoms with E-state index in [1.165, 1.54) is 36.9 Å². The minimum atomic E-state index is 0.634. The Morgan fingerprint density at radius 3 is 2.95 bits per heavy atom.